The van der Waals surface area contributed by atoms with Crippen LogP contribution in [-0.4, -0.2) is 26.1 Å². The molecule has 1 aromatic carbocycles. The lowest BCUT2D eigenvalue weighted by Crippen LogP contribution is -2.19. The molecule has 0 aliphatic carbocycles. The van der Waals surface area contributed by atoms with Crippen LogP contribution in [0, 0.1) is 0 Å². The van der Waals surface area contributed by atoms with Gasteiger partial charge < -0.3 is 14.8 Å². The lowest BCUT2D eigenvalue weighted by atomic mass is 10.3. The summed E-state index contributed by atoms with van der Waals surface area (Å²) in [4.78, 5) is 0. The van der Waals surface area contributed by atoms with Gasteiger partial charge >= 0.3 is 6.36 Å². The summed E-state index contributed by atoms with van der Waals surface area (Å²) in [5.74, 6) is -0.233. The van der Waals surface area contributed by atoms with Crippen LogP contribution < -0.4 is 10.1 Å². The highest BCUT2D eigenvalue weighted by atomic mass is 19.4. The summed E-state index contributed by atoms with van der Waals surface area (Å²) in [6.07, 6.45) is -2.65. The van der Waals surface area contributed by atoms with Crippen LogP contribution in [0.15, 0.2) is 24.3 Å². The van der Waals surface area contributed by atoms with Crippen molar-refractivity contribution in [3.8, 4) is 5.75 Å². The van der Waals surface area contributed by atoms with E-state index in [0.717, 1.165) is 12.8 Å². The molecule has 0 amide bonds. The minimum atomic E-state index is -4.69. The van der Waals surface area contributed by atoms with E-state index >= 15 is 0 Å². The molecule has 0 unspecified atom stereocenters. The van der Waals surface area contributed by atoms with Crippen LogP contribution in [-0.2, 0) is 4.74 Å². The molecular weight excluding hydrogens is 259 g/mol. The Kier molecular flexibility index (Phi) is 6.49. The Labute approximate surface area is 110 Å². The van der Waals surface area contributed by atoms with Gasteiger partial charge in [-0.1, -0.05) is 25.5 Å². The van der Waals surface area contributed by atoms with Gasteiger partial charge in [0.15, 0.2) is 5.75 Å². The molecule has 1 rings (SSSR count). The number of anilines is 1. The molecule has 0 heterocycles. The van der Waals surface area contributed by atoms with Gasteiger partial charge in [-0.05, 0) is 18.6 Å². The quantitative estimate of drug-likeness (QED) is 0.733. The summed E-state index contributed by atoms with van der Waals surface area (Å²) < 4.78 is 45.8. The van der Waals surface area contributed by atoms with Crippen LogP contribution in [0.1, 0.15) is 19.8 Å². The average molecular weight is 277 g/mol. The number of nitrogens with one attached hydrogen (secondary N) is 1. The number of alkyl halides is 3. The highest BCUT2D eigenvalue weighted by Gasteiger charge is 2.31. The van der Waals surface area contributed by atoms with Gasteiger partial charge in [0, 0.05) is 13.2 Å². The van der Waals surface area contributed by atoms with Crippen LogP contribution >= 0.6 is 0 Å². The molecule has 0 aromatic heterocycles. The number of rotatable bonds is 8. The third-order valence-corrected chi connectivity index (χ3v) is 2.32. The first kappa shape index (κ1) is 15.6. The summed E-state index contributed by atoms with van der Waals surface area (Å²) >= 11 is 0. The van der Waals surface area contributed by atoms with Crippen molar-refractivity contribution in [2.24, 2.45) is 0 Å². The van der Waals surface area contributed by atoms with Gasteiger partial charge in [0.05, 0.1) is 12.3 Å². The predicted molar refractivity (Wildman–Crippen MR) is 67.3 cm³/mol. The van der Waals surface area contributed by atoms with Crippen molar-refractivity contribution in [3.63, 3.8) is 0 Å². The van der Waals surface area contributed by atoms with Crippen molar-refractivity contribution in [3.05, 3.63) is 24.3 Å². The van der Waals surface area contributed by atoms with E-state index in [1.807, 2.05) is 0 Å². The zero-order valence-corrected chi connectivity index (χ0v) is 10.8. The number of hydrogen-bond donors (Lipinski definition) is 1. The second-order valence-corrected chi connectivity index (χ2v) is 3.94. The largest absolute Gasteiger partial charge is 0.573 e. The van der Waals surface area contributed by atoms with Gasteiger partial charge in [0.25, 0.3) is 0 Å². The van der Waals surface area contributed by atoms with E-state index in [9.17, 15) is 13.2 Å². The van der Waals surface area contributed by atoms with Crippen molar-refractivity contribution in [2.45, 2.75) is 26.1 Å². The fourth-order valence-electron chi connectivity index (χ4n) is 1.43. The van der Waals surface area contributed by atoms with E-state index in [2.05, 4.69) is 17.0 Å². The van der Waals surface area contributed by atoms with Crippen LogP contribution in [0.25, 0.3) is 0 Å². The van der Waals surface area contributed by atoms with Crippen LogP contribution in [0.3, 0.4) is 0 Å². The molecule has 0 atom stereocenters. The van der Waals surface area contributed by atoms with Gasteiger partial charge in [0.1, 0.15) is 0 Å². The van der Waals surface area contributed by atoms with E-state index in [0.29, 0.717) is 25.4 Å². The summed E-state index contributed by atoms with van der Waals surface area (Å²) in [6, 6.07) is 5.94. The Morgan fingerprint density at radius 3 is 2.58 bits per heavy atom. The van der Waals surface area contributed by atoms with E-state index in [1.54, 1.807) is 6.07 Å². The SMILES string of the molecule is CCCCOCCNc1ccccc1OC(F)(F)F. The number of benzene rings is 1. The van der Waals surface area contributed by atoms with Gasteiger partial charge in [-0.15, -0.1) is 13.2 Å². The van der Waals surface area contributed by atoms with Gasteiger partial charge in [-0.3, -0.25) is 0 Å². The van der Waals surface area contributed by atoms with Crippen molar-refractivity contribution in [2.75, 3.05) is 25.1 Å². The molecule has 6 heteroatoms. The number of para-hydroxylation sites is 2. The van der Waals surface area contributed by atoms with Gasteiger partial charge in [-0.2, -0.15) is 0 Å². The highest BCUT2D eigenvalue weighted by molar-refractivity contribution is 5.56. The third kappa shape index (κ3) is 6.91. The molecule has 108 valence electrons. The minimum absolute atomic E-state index is 0.233. The zero-order valence-electron chi connectivity index (χ0n) is 10.8. The Morgan fingerprint density at radius 1 is 1.16 bits per heavy atom. The van der Waals surface area contributed by atoms with Crippen LogP contribution in [0.5, 0.6) is 5.75 Å². The fraction of sp³-hybridized carbons (Fsp3) is 0.538. The Bertz CT molecular complexity index is 369. The number of halogens is 3. The number of ether oxygens (including phenoxy) is 2. The molecule has 0 aliphatic heterocycles. The lowest BCUT2D eigenvalue weighted by Gasteiger charge is -2.14. The van der Waals surface area contributed by atoms with E-state index < -0.39 is 6.36 Å². The smallest absolute Gasteiger partial charge is 0.404 e. The van der Waals surface area contributed by atoms with Crippen molar-refractivity contribution < 1.29 is 22.6 Å². The summed E-state index contributed by atoms with van der Waals surface area (Å²) in [5, 5.41) is 2.86. The second-order valence-electron chi connectivity index (χ2n) is 3.94. The lowest BCUT2D eigenvalue weighted by molar-refractivity contribution is -0.274. The van der Waals surface area contributed by atoms with E-state index in [1.165, 1.54) is 18.2 Å². The molecule has 0 aliphatic rings. The number of hydrogen-bond acceptors (Lipinski definition) is 3. The molecule has 19 heavy (non-hydrogen) atoms. The minimum Gasteiger partial charge on any atom is -0.404 e. The first-order chi connectivity index (χ1) is 9.03. The molecule has 0 fully saturated rings. The Hall–Kier alpha value is -1.43. The third-order valence-electron chi connectivity index (χ3n) is 2.32. The highest BCUT2D eigenvalue weighted by Crippen LogP contribution is 2.29. The molecule has 0 bridgehead atoms. The molecule has 1 N–H and O–H groups in total. The maximum Gasteiger partial charge on any atom is 0.573 e. The van der Waals surface area contributed by atoms with Crippen LogP contribution in [0.2, 0.25) is 0 Å². The first-order valence-electron chi connectivity index (χ1n) is 6.19. The van der Waals surface area contributed by atoms with E-state index in [4.69, 9.17) is 4.74 Å². The zero-order chi connectivity index (χ0) is 14.1. The molecule has 0 saturated heterocycles. The summed E-state index contributed by atoms with van der Waals surface area (Å²) in [6.45, 7) is 3.60. The monoisotopic (exact) mass is 277 g/mol. The first-order valence-corrected chi connectivity index (χ1v) is 6.19. The molecule has 0 radical (unpaired) electrons. The van der Waals surface area contributed by atoms with Crippen LogP contribution in [0.4, 0.5) is 18.9 Å². The second kappa shape index (κ2) is 7.89. The summed E-state index contributed by atoms with van der Waals surface area (Å²) in [7, 11) is 0. The van der Waals surface area contributed by atoms with Crippen molar-refractivity contribution in [1.82, 2.24) is 0 Å². The van der Waals surface area contributed by atoms with E-state index in [-0.39, 0.29) is 5.75 Å². The molecule has 1 aromatic rings. The molecular formula is C13H18F3NO2. The number of unbranched alkanes of at least 4 members (excludes halogenated alkanes) is 1. The van der Waals surface area contributed by atoms with Crippen molar-refractivity contribution >= 4 is 5.69 Å². The Balaban J connectivity index is 2.40. The topological polar surface area (TPSA) is 30.5 Å². The predicted octanol–water partition coefficient (Wildman–Crippen LogP) is 3.81. The fourth-order valence-corrected chi connectivity index (χ4v) is 1.43. The Morgan fingerprint density at radius 2 is 1.89 bits per heavy atom. The average Bonchev–Trinajstić information content (AvgIpc) is 2.33. The maximum atomic E-state index is 12.2. The maximum absolute atomic E-state index is 12.2. The molecule has 3 nitrogen and oxygen atoms in total. The van der Waals surface area contributed by atoms with Crippen molar-refractivity contribution in [1.29, 1.82) is 0 Å². The molecule has 0 spiro atoms. The summed E-state index contributed by atoms with van der Waals surface area (Å²) in [5.41, 5.74) is 0.305. The van der Waals surface area contributed by atoms with Gasteiger partial charge in [0.2, 0.25) is 0 Å². The standard InChI is InChI=1S/C13H18F3NO2/c1-2-3-9-18-10-8-17-11-6-4-5-7-12(11)19-13(14,15)16/h4-7,17H,2-3,8-10H2,1H3. The molecule has 0 saturated carbocycles. The van der Waals surface area contributed by atoms with Gasteiger partial charge in [-0.25, -0.2) is 0 Å². The normalized spacial score (nSPS) is 11.4.